The molecule has 1 amide bonds. The smallest absolute Gasteiger partial charge is 0.264 e. The van der Waals surface area contributed by atoms with Gasteiger partial charge in [0.05, 0.1) is 4.90 Å². The second kappa shape index (κ2) is 9.64. The third-order valence-corrected chi connectivity index (χ3v) is 7.29. The number of sulfonamides is 1. The summed E-state index contributed by atoms with van der Waals surface area (Å²) in [6.45, 7) is 0.918. The summed E-state index contributed by atoms with van der Waals surface area (Å²) >= 11 is 5.19. The lowest BCUT2D eigenvalue weighted by molar-refractivity contribution is -0.121. The summed E-state index contributed by atoms with van der Waals surface area (Å²) in [7, 11) is -3.47. The van der Waals surface area contributed by atoms with E-state index in [4.69, 9.17) is 17.0 Å². The predicted octanol–water partition coefficient (Wildman–Crippen LogP) is 3.52. The van der Waals surface area contributed by atoms with Crippen molar-refractivity contribution >= 4 is 49.7 Å². The number of nitrogens with one attached hydrogen (secondary N) is 2. The minimum absolute atomic E-state index is 0.103. The molecule has 0 saturated carbocycles. The van der Waals surface area contributed by atoms with Crippen molar-refractivity contribution in [1.29, 1.82) is 0 Å². The second-order valence-corrected chi connectivity index (χ2v) is 9.75. The van der Waals surface area contributed by atoms with Gasteiger partial charge in [0.25, 0.3) is 5.91 Å². The number of hydrogen-bond acceptors (Lipinski definition) is 5. The fourth-order valence-electron chi connectivity index (χ4n) is 3.58. The molecule has 0 aromatic heterocycles. The van der Waals surface area contributed by atoms with Crippen LogP contribution in [0.1, 0.15) is 12.8 Å². The van der Waals surface area contributed by atoms with Crippen molar-refractivity contribution < 1.29 is 17.9 Å². The van der Waals surface area contributed by atoms with Crippen molar-refractivity contribution in [3.63, 3.8) is 0 Å². The zero-order valence-electron chi connectivity index (χ0n) is 17.3. The minimum Gasteiger partial charge on any atom is -0.483 e. The number of ether oxygens (including phenoxy) is 1. The van der Waals surface area contributed by atoms with Gasteiger partial charge in [0, 0.05) is 24.2 Å². The van der Waals surface area contributed by atoms with Crippen molar-refractivity contribution in [1.82, 2.24) is 9.62 Å². The molecule has 0 unspecified atom stereocenters. The molecule has 1 heterocycles. The van der Waals surface area contributed by atoms with E-state index in [9.17, 15) is 13.2 Å². The zero-order chi connectivity index (χ0) is 22.6. The van der Waals surface area contributed by atoms with E-state index in [0.29, 0.717) is 24.5 Å². The van der Waals surface area contributed by atoms with Crippen LogP contribution in [0.25, 0.3) is 10.8 Å². The Bertz CT molecular complexity index is 1230. The van der Waals surface area contributed by atoms with Gasteiger partial charge in [-0.2, -0.15) is 4.31 Å². The maximum absolute atomic E-state index is 12.6. The molecule has 2 N–H and O–H groups in total. The van der Waals surface area contributed by atoms with Crippen LogP contribution in [0.4, 0.5) is 5.69 Å². The number of nitrogens with zero attached hydrogens (tertiary/aromatic N) is 1. The Labute approximate surface area is 192 Å². The molecular weight excluding hydrogens is 446 g/mol. The van der Waals surface area contributed by atoms with Crippen LogP contribution in [0.3, 0.4) is 0 Å². The molecule has 7 nitrogen and oxygen atoms in total. The van der Waals surface area contributed by atoms with Crippen molar-refractivity contribution in [2.75, 3.05) is 25.0 Å². The van der Waals surface area contributed by atoms with Crippen LogP contribution >= 0.6 is 12.2 Å². The fraction of sp³-hybridized carbons (Fsp3) is 0.217. The third-order valence-electron chi connectivity index (χ3n) is 5.18. The van der Waals surface area contributed by atoms with E-state index in [1.807, 2.05) is 42.5 Å². The lowest BCUT2D eigenvalue weighted by Gasteiger charge is -2.16. The zero-order valence-corrected chi connectivity index (χ0v) is 18.9. The first kappa shape index (κ1) is 22.2. The Kier molecular flexibility index (Phi) is 6.69. The number of anilines is 1. The highest BCUT2D eigenvalue weighted by molar-refractivity contribution is 7.89. The Morgan fingerprint density at radius 3 is 2.41 bits per heavy atom. The van der Waals surface area contributed by atoms with E-state index >= 15 is 0 Å². The topological polar surface area (TPSA) is 87.7 Å². The standard InChI is InChI=1S/C23H23N3O4S2/c27-22(16-30-21-9-5-7-17-6-1-2-8-20(17)21)25-23(31)24-18-10-12-19(13-11-18)32(28,29)26-14-3-4-15-26/h1-2,5-13H,3-4,14-16H2,(H2,24,25,27,31). The summed E-state index contributed by atoms with van der Waals surface area (Å²) in [5.41, 5.74) is 0.575. The van der Waals surface area contributed by atoms with Crippen LogP contribution < -0.4 is 15.4 Å². The van der Waals surface area contributed by atoms with E-state index < -0.39 is 15.9 Å². The van der Waals surface area contributed by atoms with Crippen molar-refractivity contribution in [2.24, 2.45) is 0 Å². The van der Waals surface area contributed by atoms with Gasteiger partial charge < -0.3 is 10.1 Å². The van der Waals surface area contributed by atoms with E-state index in [1.165, 1.54) is 16.4 Å². The van der Waals surface area contributed by atoms with Crippen LogP contribution in [-0.2, 0) is 14.8 Å². The summed E-state index contributed by atoms with van der Waals surface area (Å²) in [5, 5.41) is 7.50. The lowest BCUT2D eigenvalue weighted by Crippen LogP contribution is -2.37. The molecule has 0 bridgehead atoms. The average molecular weight is 470 g/mol. The molecule has 3 aromatic carbocycles. The number of carbonyl (C=O) groups is 1. The molecule has 32 heavy (non-hydrogen) atoms. The average Bonchev–Trinajstić information content (AvgIpc) is 3.34. The number of carbonyl (C=O) groups excluding carboxylic acids is 1. The molecule has 0 spiro atoms. The summed E-state index contributed by atoms with van der Waals surface area (Å²) in [5.74, 6) is 0.218. The maximum Gasteiger partial charge on any atom is 0.264 e. The van der Waals surface area contributed by atoms with Crippen LogP contribution in [0.15, 0.2) is 71.6 Å². The van der Waals surface area contributed by atoms with Gasteiger partial charge in [-0.25, -0.2) is 8.42 Å². The summed E-state index contributed by atoms with van der Waals surface area (Å²) < 4.78 is 32.3. The molecule has 1 aliphatic rings. The highest BCUT2D eigenvalue weighted by atomic mass is 32.2. The van der Waals surface area contributed by atoms with Crippen LogP contribution in [-0.4, -0.2) is 43.4 Å². The number of thiocarbonyl (C=S) groups is 1. The Balaban J connectivity index is 1.31. The van der Waals surface area contributed by atoms with E-state index in [0.717, 1.165) is 23.6 Å². The van der Waals surface area contributed by atoms with Gasteiger partial charge in [-0.15, -0.1) is 0 Å². The molecule has 1 fully saturated rings. The first-order valence-electron chi connectivity index (χ1n) is 10.2. The third kappa shape index (κ3) is 5.07. The molecule has 0 aliphatic carbocycles. The molecular formula is C23H23N3O4S2. The van der Waals surface area contributed by atoms with Gasteiger partial charge in [0.1, 0.15) is 5.75 Å². The van der Waals surface area contributed by atoms with Gasteiger partial charge in [-0.1, -0.05) is 36.4 Å². The molecule has 1 aliphatic heterocycles. The van der Waals surface area contributed by atoms with Crippen molar-refractivity contribution in [3.05, 3.63) is 66.7 Å². The monoisotopic (exact) mass is 469 g/mol. The van der Waals surface area contributed by atoms with Crippen LogP contribution in [0, 0.1) is 0 Å². The van der Waals surface area contributed by atoms with Crippen LogP contribution in [0.2, 0.25) is 0 Å². The van der Waals surface area contributed by atoms with Gasteiger partial charge in [-0.05, 0) is 60.8 Å². The number of fused-ring (bicyclic) bond motifs is 1. The fourth-order valence-corrected chi connectivity index (χ4v) is 5.33. The SMILES string of the molecule is O=C(COc1cccc2ccccc12)NC(=S)Nc1ccc(S(=O)(=O)N2CCCC2)cc1. The van der Waals surface area contributed by atoms with Crippen molar-refractivity contribution in [3.8, 4) is 5.75 Å². The highest BCUT2D eigenvalue weighted by Gasteiger charge is 2.26. The van der Waals surface area contributed by atoms with Crippen LogP contribution in [0.5, 0.6) is 5.75 Å². The van der Waals surface area contributed by atoms with Gasteiger partial charge >= 0.3 is 0 Å². The molecule has 9 heteroatoms. The Morgan fingerprint density at radius 1 is 0.969 bits per heavy atom. The van der Waals surface area contributed by atoms with Gasteiger partial charge in [0.2, 0.25) is 10.0 Å². The largest absolute Gasteiger partial charge is 0.483 e. The number of amides is 1. The maximum atomic E-state index is 12.6. The summed E-state index contributed by atoms with van der Waals surface area (Å²) in [6, 6.07) is 19.7. The van der Waals surface area contributed by atoms with Gasteiger partial charge in [0.15, 0.2) is 11.7 Å². The molecule has 166 valence electrons. The van der Waals surface area contributed by atoms with Gasteiger partial charge in [-0.3, -0.25) is 10.1 Å². The molecule has 0 atom stereocenters. The number of rotatable bonds is 6. The Hall–Kier alpha value is -3.01. The van der Waals surface area contributed by atoms with E-state index in [-0.39, 0.29) is 16.6 Å². The lowest BCUT2D eigenvalue weighted by atomic mass is 10.1. The minimum atomic E-state index is -3.47. The highest BCUT2D eigenvalue weighted by Crippen LogP contribution is 2.25. The van der Waals surface area contributed by atoms with E-state index in [2.05, 4.69) is 10.6 Å². The molecule has 1 saturated heterocycles. The molecule has 4 rings (SSSR count). The summed E-state index contributed by atoms with van der Waals surface area (Å²) in [6.07, 6.45) is 1.77. The quantitative estimate of drug-likeness (QED) is 0.537. The first-order chi connectivity index (χ1) is 15.4. The number of benzene rings is 3. The number of hydrogen-bond donors (Lipinski definition) is 2. The summed E-state index contributed by atoms with van der Waals surface area (Å²) in [4.78, 5) is 12.5. The second-order valence-electron chi connectivity index (χ2n) is 7.40. The molecule has 0 radical (unpaired) electrons. The first-order valence-corrected chi connectivity index (χ1v) is 12.1. The predicted molar refractivity (Wildman–Crippen MR) is 128 cm³/mol. The normalized spacial score (nSPS) is 14.2. The Morgan fingerprint density at radius 2 is 1.66 bits per heavy atom. The van der Waals surface area contributed by atoms with Crippen molar-refractivity contribution in [2.45, 2.75) is 17.7 Å². The molecule has 3 aromatic rings. The van der Waals surface area contributed by atoms with E-state index in [1.54, 1.807) is 12.1 Å².